The molecular formula is C11H6ClFN4. The lowest BCUT2D eigenvalue weighted by molar-refractivity contribution is 0.628. The van der Waals surface area contributed by atoms with Crippen LogP contribution in [0.4, 0.5) is 4.39 Å². The summed E-state index contributed by atoms with van der Waals surface area (Å²) in [6, 6.07) is 5.99. The van der Waals surface area contributed by atoms with Gasteiger partial charge in [-0.3, -0.25) is 9.38 Å². The third kappa shape index (κ3) is 1.64. The fraction of sp³-hybridized carbons (Fsp3) is 0. The second-order valence-corrected chi connectivity index (χ2v) is 3.84. The molecule has 0 aliphatic rings. The van der Waals surface area contributed by atoms with E-state index in [9.17, 15) is 4.39 Å². The van der Waals surface area contributed by atoms with Crippen molar-refractivity contribution < 1.29 is 4.39 Å². The third-order valence-electron chi connectivity index (χ3n) is 2.38. The molecule has 0 bridgehead atoms. The van der Waals surface area contributed by atoms with Crippen molar-refractivity contribution >= 4 is 17.2 Å². The van der Waals surface area contributed by atoms with E-state index in [1.165, 1.54) is 18.3 Å². The third-order valence-corrected chi connectivity index (χ3v) is 2.64. The van der Waals surface area contributed by atoms with Crippen molar-refractivity contribution in [2.24, 2.45) is 0 Å². The zero-order chi connectivity index (χ0) is 11.8. The van der Waals surface area contributed by atoms with Crippen molar-refractivity contribution in [1.29, 1.82) is 0 Å². The number of rotatable bonds is 1. The van der Waals surface area contributed by atoms with Gasteiger partial charge in [-0.1, -0.05) is 11.6 Å². The van der Waals surface area contributed by atoms with Gasteiger partial charge in [0.15, 0.2) is 11.5 Å². The number of nitrogens with zero attached hydrogens (tertiary/aromatic N) is 4. The Kier molecular flexibility index (Phi) is 2.26. The minimum atomic E-state index is -0.296. The summed E-state index contributed by atoms with van der Waals surface area (Å²) in [5.41, 5.74) is 1.30. The lowest BCUT2D eigenvalue weighted by atomic mass is 10.2. The summed E-state index contributed by atoms with van der Waals surface area (Å²) in [5, 5.41) is 8.38. The molecule has 4 nitrogen and oxygen atoms in total. The standard InChI is InChI=1S/C11H6ClFN4/c12-9-5-14-6-10-15-16-11(17(9)10)7-1-3-8(13)4-2-7/h1-6H. The van der Waals surface area contributed by atoms with Gasteiger partial charge in [0.1, 0.15) is 11.0 Å². The molecule has 0 spiro atoms. The minimum Gasteiger partial charge on any atom is -0.262 e. The number of aromatic nitrogens is 4. The van der Waals surface area contributed by atoms with Crippen LogP contribution in [0.5, 0.6) is 0 Å². The van der Waals surface area contributed by atoms with E-state index in [2.05, 4.69) is 15.2 Å². The van der Waals surface area contributed by atoms with Crippen molar-refractivity contribution in [3.05, 3.63) is 47.6 Å². The number of benzene rings is 1. The second-order valence-electron chi connectivity index (χ2n) is 3.45. The van der Waals surface area contributed by atoms with E-state index < -0.39 is 0 Å². The fourth-order valence-corrected chi connectivity index (χ4v) is 1.82. The highest BCUT2D eigenvalue weighted by atomic mass is 35.5. The zero-order valence-corrected chi connectivity index (χ0v) is 9.26. The van der Waals surface area contributed by atoms with Crippen LogP contribution in [0.15, 0.2) is 36.7 Å². The van der Waals surface area contributed by atoms with Crippen LogP contribution in [0.25, 0.3) is 17.0 Å². The first kappa shape index (κ1) is 10.2. The average Bonchev–Trinajstić information content (AvgIpc) is 2.75. The van der Waals surface area contributed by atoms with Gasteiger partial charge in [0.2, 0.25) is 0 Å². The summed E-state index contributed by atoms with van der Waals surface area (Å²) >= 11 is 6.03. The van der Waals surface area contributed by atoms with E-state index in [0.29, 0.717) is 16.6 Å². The summed E-state index contributed by atoms with van der Waals surface area (Å²) in [5.74, 6) is 0.266. The minimum absolute atomic E-state index is 0.296. The van der Waals surface area contributed by atoms with Gasteiger partial charge in [0.05, 0.1) is 12.4 Å². The predicted molar refractivity (Wildman–Crippen MR) is 61.2 cm³/mol. The van der Waals surface area contributed by atoms with Crippen molar-refractivity contribution in [3.8, 4) is 11.4 Å². The molecule has 0 N–H and O–H groups in total. The van der Waals surface area contributed by atoms with Gasteiger partial charge in [0.25, 0.3) is 0 Å². The van der Waals surface area contributed by atoms with E-state index >= 15 is 0 Å². The first-order valence-corrected chi connectivity index (χ1v) is 5.24. The molecule has 3 aromatic rings. The molecule has 0 saturated carbocycles. The Balaban J connectivity index is 2.27. The highest BCUT2D eigenvalue weighted by Gasteiger charge is 2.10. The maximum Gasteiger partial charge on any atom is 0.180 e. The highest BCUT2D eigenvalue weighted by Crippen LogP contribution is 2.21. The smallest absolute Gasteiger partial charge is 0.180 e. The van der Waals surface area contributed by atoms with E-state index in [0.717, 1.165) is 5.56 Å². The molecule has 6 heteroatoms. The molecule has 3 rings (SSSR count). The molecule has 17 heavy (non-hydrogen) atoms. The van der Waals surface area contributed by atoms with Gasteiger partial charge in [-0.05, 0) is 24.3 Å². The van der Waals surface area contributed by atoms with Crippen LogP contribution < -0.4 is 0 Å². The maximum atomic E-state index is 12.8. The summed E-state index contributed by atoms with van der Waals surface area (Å²) < 4.78 is 14.5. The van der Waals surface area contributed by atoms with Crippen LogP contribution in [-0.2, 0) is 0 Å². The molecule has 0 fully saturated rings. The van der Waals surface area contributed by atoms with E-state index in [1.54, 1.807) is 22.7 Å². The Labute approximate surface area is 101 Å². The molecule has 0 atom stereocenters. The van der Waals surface area contributed by atoms with Crippen LogP contribution in [0, 0.1) is 5.82 Å². The molecule has 1 aromatic carbocycles. The topological polar surface area (TPSA) is 43.1 Å². The van der Waals surface area contributed by atoms with E-state index in [4.69, 9.17) is 11.6 Å². The van der Waals surface area contributed by atoms with Gasteiger partial charge < -0.3 is 0 Å². The highest BCUT2D eigenvalue weighted by molar-refractivity contribution is 6.29. The largest absolute Gasteiger partial charge is 0.262 e. The molecule has 0 saturated heterocycles. The molecule has 0 aliphatic carbocycles. The molecule has 84 valence electrons. The molecular weight excluding hydrogens is 243 g/mol. The molecule has 0 aliphatic heterocycles. The van der Waals surface area contributed by atoms with Gasteiger partial charge in [0, 0.05) is 5.56 Å². The Morgan fingerprint density at radius 1 is 1.06 bits per heavy atom. The van der Waals surface area contributed by atoms with Crippen molar-refractivity contribution in [3.63, 3.8) is 0 Å². The summed E-state index contributed by atoms with van der Waals surface area (Å²) in [6.07, 6.45) is 3.07. The van der Waals surface area contributed by atoms with Crippen molar-refractivity contribution in [2.45, 2.75) is 0 Å². The average molecular weight is 249 g/mol. The van der Waals surface area contributed by atoms with Crippen LogP contribution in [-0.4, -0.2) is 19.6 Å². The van der Waals surface area contributed by atoms with Crippen molar-refractivity contribution in [1.82, 2.24) is 19.6 Å². The summed E-state index contributed by atoms with van der Waals surface area (Å²) in [6.45, 7) is 0. The molecule has 2 heterocycles. The lowest BCUT2D eigenvalue weighted by Crippen LogP contribution is -1.92. The normalized spacial score (nSPS) is 10.9. The Hall–Kier alpha value is -2.01. The van der Waals surface area contributed by atoms with Gasteiger partial charge in [-0.15, -0.1) is 10.2 Å². The maximum absolute atomic E-state index is 12.8. The van der Waals surface area contributed by atoms with Crippen LogP contribution in [0.2, 0.25) is 5.15 Å². The number of hydrogen-bond donors (Lipinski definition) is 0. The predicted octanol–water partition coefficient (Wildman–Crippen LogP) is 2.58. The molecule has 0 unspecified atom stereocenters. The zero-order valence-electron chi connectivity index (χ0n) is 8.51. The quantitative estimate of drug-likeness (QED) is 0.665. The molecule has 0 amide bonds. The van der Waals surface area contributed by atoms with Crippen LogP contribution >= 0.6 is 11.6 Å². The van der Waals surface area contributed by atoms with Crippen LogP contribution in [0.1, 0.15) is 0 Å². The lowest BCUT2D eigenvalue weighted by Gasteiger charge is -2.01. The molecule has 2 aromatic heterocycles. The summed E-state index contributed by atoms with van der Waals surface area (Å²) in [7, 11) is 0. The van der Waals surface area contributed by atoms with Gasteiger partial charge in [-0.2, -0.15) is 0 Å². The number of hydrogen-bond acceptors (Lipinski definition) is 3. The van der Waals surface area contributed by atoms with Gasteiger partial charge >= 0.3 is 0 Å². The first-order valence-electron chi connectivity index (χ1n) is 4.86. The Bertz CT molecular complexity index is 678. The van der Waals surface area contributed by atoms with Gasteiger partial charge in [-0.25, -0.2) is 4.39 Å². The van der Waals surface area contributed by atoms with E-state index in [1.807, 2.05) is 0 Å². The number of halogens is 2. The monoisotopic (exact) mass is 248 g/mol. The summed E-state index contributed by atoms with van der Waals surface area (Å²) in [4.78, 5) is 3.92. The number of fused-ring (bicyclic) bond motifs is 1. The second kappa shape index (κ2) is 3.78. The Morgan fingerprint density at radius 3 is 2.59 bits per heavy atom. The van der Waals surface area contributed by atoms with E-state index in [-0.39, 0.29) is 5.82 Å². The van der Waals surface area contributed by atoms with Crippen molar-refractivity contribution in [2.75, 3.05) is 0 Å². The first-order chi connectivity index (χ1) is 8.25. The SMILES string of the molecule is Fc1ccc(-c2nnc3cncc(Cl)n23)cc1. The molecule has 0 radical (unpaired) electrons. The Morgan fingerprint density at radius 2 is 1.82 bits per heavy atom. The van der Waals surface area contributed by atoms with Crippen LogP contribution in [0.3, 0.4) is 0 Å². The fourth-order valence-electron chi connectivity index (χ4n) is 1.60.